The quantitative estimate of drug-likeness (QED) is 0.220. The van der Waals surface area contributed by atoms with Gasteiger partial charge >= 0.3 is 6.09 Å². The molecule has 1 fully saturated rings. The number of benzene rings is 4. The molecule has 0 aromatic heterocycles. The first-order chi connectivity index (χ1) is 22.5. The average molecular weight is 613 g/mol. The van der Waals surface area contributed by atoms with Crippen molar-refractivity contribution >= 4 is 23.5 Å². The summed E-state index contributed by atoms with van der Waals surface area (Å²) in [5.41, 5.74) is 3.87. The molecule has 3 heterocycles. The number of carbonyl (C=O) groups is 2. The molecule has 2 amide bonds. The van der Waals surface area contributed by atoms with Crippen molar-refractivity contribution < 1.29 is 14.3 Å². The molecule has 0 atom stereocenters. The molecule has 0 N–H and O–H groups in total. The number of anilines is 1. The Morgan fingerprint density at radius 2 is 1.37 bits per heavy atom. The SMILES string of the molecule is CC1=NC(c2ccccc2)(c2ccccc2)C(=O)N1CCCN1CCC2(CC1)CN(C(=O)OCc1ccccc1)c1ccccc12. The molecular formula is C39H40N4O3. The van der Waals surface area contributed by atoms with E-state index in [1.807, 2.05) is 120 Å². The lowest BCUT2D eigenvalue weighted by atomic mass is 9.74. The van der Waals surface area contributed by atoms with E-state index in [2.05, 4.69) is 17.0 Å². The van der Waals surface area contributed by atoms with Crippen LogP contribution in [0.2, 0.25) is 0 Å². The van der Waals surface area contributed by atoms with Crippen molar-refractivity contribution in [2.45, 2.75) is 43.7 Å². The topological polar surface area (TPSA) is 65.5 Å². The van der Waals surface area contributed by atoms with Crippen LogP contribution in [-0.2, 0) is 27.1 Å². The number of nitrogens with zero attached hydrogens (tertiary/aromatic N) is 4. The zero-order chi connectivity index (χ0) is 31.6. The summed E-state index contributed by atoms with van der Waals surface area (Å²) in [6.07, 6.45) is 2.52. The van der Waals surface area contributed by atoms with E-state index in [4.69, 9.17) is 9.73 Å². The average Bonchev–Trinajstić information content (AvgIpc) is 3.57. The second kappa shape index (κ2) is 12.6. The third-order valence-corrected chi connectivity index (χ3v) is 9.98. The molecule has 7 nitrogen and oxygen atoms in total. The molecule has 1 saturated heterocycles. The number of aliphatic imine (C=N–C) groups is 1. The smallest absolute Gasteiger partial charge is 0.414 e. The van der Waals surface area contributed by atoms with Gasteiger partial charge in [0.15, 0.2) is 5.54 Å². The Kier molecular flexibility index (Phi) is 8.18. The molecule has 234 valence electrons. The third-order valence-electron chi connectivity index (χ3n) is 9.98. The van der Waals surface area contributed by atoms with Crippen LogP contribution in [0.5, 0.6) is 0 Å². The van der Waals surface area contributed by atoms with Crippen LogP contribution in [0.15, 0.2) is 120 Å². The molecular weight excluding hydrogens is 572 g/mol. The fourth-order valence-corrected chi connectivity index (χ4v) is 7.53. The number of hydrogen-bond donors (Lipinski definition) is 0. The lowest BCUT2D eigenvalue weighted by Gasteiger charge is -2.40. The largest absolute Gasteiger partial charge is 0.444 e. The van der Waals surface area contributed by atoms with Crippen molar-refractivity contribution in [2.75, 3.05) is 37.6 Å². The van der Waals surface area contributed by atoms with Crippen molar-refractivity contribution in [1.29, 1.82) is 0 Å². The van der Waals surface area contributed by atoms with E-state index in [0.717, 1.165) is 67.1 Å². The van der Waals surface area contributed by atoms with Crippen LogP contribution >= 0.6 is 0 Å². The monoisotopic (exact) mass is 612 g/mol. The summed E-state index contributed by atoms with van der Waals surface area (Å²) < 4.78 is 5.75. The maximum atomic E-state index is 14.2. The lowest BCUT2D eigenvalue weighted by molar-refractivity contribution is -0.130. The van der Waals surface area contributed by atoms with Gasteiger partial charge < -0.3 is 9.64 Å². The molecule has 4 aromatic rings. The number of amides is 2. The van der Waals surface area contributed by atoms with Gasteiger partial charge in [-0.25, -0.2) is 9.79 Å². The Bertz CT molecular complexity index is 1680. The molecule has 1 spiro atoms. The van der Waals surface area contributed by atoms with Crippen LogP contribution in [0.1, 0.15) is 48.4 Å². The van der Waals surface area contributed by atoms with Crippen LogP contribution < -0.4 is 4.90 Å². The Balaban J connectivity index is 0.978. The normalized spacial score (nSPS) is 18.5. The first kappa shape index (κ1) is 29.9. The van der Waals surface area contributed by atoms with E-state index in [9.17, 15) is 9.59 Å². The van der Waals surface area contributed by atoms with Gasteiger partial charge in [-0.15, -0.1) is 0 Å². The van der Waals surface area contributed by atoms with E-state index in [0.29, 0.717) is 13.1 Å². The van der Waals surface area contributed by atoms with E-state index >= 15 is 0 Å². The molecule has 7 rings (SSSR count). The Hall–Kier alpha value is -4.75. The van der Waals surface area contributed by atoms with Crippen LogP contribution in [0, 0.1) is 0 Å². The fraction of sp³-hybridized carbons (Fsp3) is 0.308. The van der Waals surface area contributed by atoms with E-state index in [1.165, 1.54) is 5.56 Å². The zero-order valence-electron chi connectivity index (χ0n) is 26.3. The van der Waals surface area contributed by atoms with Gasteiger partial charge in [0.25, 0.3) is 5.91 Å². The second-order valence-electron chi connectivity index (χ2n) is 12.7. The molecule has 0 radical (unpaired) electrons. The van der Waals surface area contributed by atoms with Gasteiger partial charge in [0.1, 0.15) is 12.4 Å². The number of likely N-dealkylation sites (tertiary alicyclic amines) is 1. The highest BCUT2D eigenvalue weighted by Gasteiger charge is 2.50. The molecule has 0 bridgehead atoms. The Morgan fingerprint density at radius 3 is 2.02 bits per heavy atom. The molecule has 3 aliphatic rings. The van der Waals surface area contributed by atoms with Crippen molar-refractivity contribution in [1.82, 2.24) is 9.80 Å². The van der Waals surface area contributed by atoms with Crippen LogP contribution in [-0.4, -0.2) is 60.4 Å². The number of rotatable bonds is 8. The minimum absolute atomic E-state index is 0.0156. The number of amidine groups is 1. The molecule has 7 heteroatoms. The summed E-state index contributed by atoms with van der Waals surface area (Å²) in [5.74, 6) is 0.777. The van der Waals surface area contributed by atoms with Crippen LogP contribution in [0.25, 0.3) is 0 Å². The van der Waals surface area contributed by atoms with Crippen molar-refractivity contribution in [3.63, 3.8) is 0 Å². The van der Waals surface area contributed by atoms with Gasteiger partial charge in [-0.1, -0.05) is 109 Å². The first-order valence-corrected chi connectivity index (χ1v) is 16.3. The molecule has 3 aliphatic heterocycles. The Labute approximate surface area is 271 Å². The maximum Gasteiger partial charge on any atom is 0.414 e. The number of fused-ring (bicyclic) bond motifs is 2. The maximum absolute atomic E-state index is 14.2. The number of ether oxygens (including phenoxy) is 1. The second-order valence-corrected chi connectivity index (χ2v) is 12.7. The molecule has 4 aromatic carbocycles. The van der Waals surface area contributed by atoms with E-state index in [1.54, 1.807) is 0 Å². The van der Waals surface area contributed by atoms with Gasteiger partial charge in [-0.2, -0.15) is 0 Å². The predicted octanol–water partition coefficient (Wildman–Crippen LogP) is 6.77. The fourth-order valence-electron chi connectivity index (χ4n) is 7.53. The van der Waals surface area contributed by atoms with Gasteiger partial charge in [0.05, 0.1) is 5.69 Å². The highest BCUT2D eigenvalue weighted by atomic mass is 16.6. The van der Waals surface area contributed by atoms with Gasteiger partial charge in [-0.05, 0) is 74.1 Å². The van der Waals surface area contributed by atoms with Crippen molar-refractivity contribution in [3.05, 3.63) is 138 Å². The number of carbonyl (C=O) groups excluding carboxylic acids is 2. The number of hydrogen-bond acceptors (Lipinski definition) is 5. The zero-order valence-corrected chi connectivity index (χ0v) is 26.3. The minimum Gasteiger partial charge on any atom is -0.444 e. The molecule has 0 unspecified atom stereocenters. The predicted molar refractivity (Wildman–Crippen MR) is 181 cm³/mol. The van der Waals surface area contributed by atoms with Crippen molar-refractivity contribution in [3.8, 4) is 0 Å². The van der Waals surface area contributed by atoms with Gasteiger partial charge in [-0.3, -0.25) is 14.6 Å². The summed E-state index contributed by atoms with van der Waals surface area (Å²) in [4.78, 5) is 38.7. The van der Waals surface area contributed by atoms with E-state index < -0.39 is 5.54 Å². The third kappa shape index (κ3) is 5.39. The summed E-state index contributed by atoms with van der Waals surface area (Å²) in [5, 5.41) is 0. The van der Waals surface area contributed by atoms with Crippen molar-refractivity contribution in [2.24, 2.45) is 4.99 Å². The highest BCUT2D eigenvalue weighted by Crippen LogP contribution is 2.47. The Morgan fingerprint density at radius 1 is 0.783 bits per heavy atom. The molecule has 0 saturated carbocycles. The summed E-state index contributed by atoms with van der Waals surface area (Å²) >= 11 is 0. The van der Waals surface area contributed by atoms with Crippen LogP contribution in [0.3, 0.4) is 0 Å². The van der Waals surface area contributed by atoms with E-state index in [-0.39, 0.29) is 24.0 Å². The molecule has 46 heavy (non-hydrogen) atoms. The first-order valence-electron chi connectivity index (χ1n) is 16.3. The summed E-state index contributed by atoms with van der Waals surface area (Å²) in [6, 6.07) is 37.9. The van der Waals surface area contributed by atoms with Gasteiger partial charge in [0.2, 0.25) is 0 Å². The summed E-state index contributed by atoms with van der Waals surface area (Å²) in [7, 11) is 0. The standard InChI is InChI=1S/C39H40N4O3/c1-30-40-39(32-16-7-3-8-17-32,33-18-9-4-10-19-33)36(44)42(30)25-13-24-41-26-22-38(23-27-41)29-43(35-21-12-11-20-34(35)38)37(45)46-28-31-14-5-2-6-15-31/h2-12,14-21H,13,22-29H2,1H3. The summed E-state index contributed by atoms with van der Waals surface area (Å²) in [6.45, 7) is 6.28. The minimum atomic E-state index is -1.05. The highest BCUT2D eigenvalue weighted by molar-refractivity contribution is 6.09. The number of para-hydroxylation sites is 1. The lowest BCUT2D eigenvalue weighted by Crippen LogP contribution is -2.47. The molecule has 0 aliphatic carbocycles. The van der Waals surface area contributed by atoms with Gasteiger partial charge in [0, 0.05) is 18.5 Å². The number of piperidine rings is 1. The van der Waals surface area contributed by atoms with Crippen LogP contribution in [0.4, 0.5) is 10.5 Å².